The number of hydrogen-bond acceptors (Lipinski definition) is 3. The van der Waals surface area contributed by atoms with Gasteiger partial charge in [-0.1, -0.05) is 33.8 Å². The molecule has 2 atom stereocenters. The van der Waals surface area contributed by atoms with Gasteiger partial charge in [-0.2, -0.15) is 0 Å². The smallest absolute Gasteiger partial charge is 0.124 e. The third kappa shape index (κ3) is 3.71. The van der Waals surface area contributed by atoms with Crippen LogP contribution in [0, 0.1) is 5.92 Å². The monoisotopic (exact) mass is 265 g/mol. The Kier molecular flexibility index (Phi) is 5.83. The lowest BCUT2D eigenvalue weighted by Crippen LogP contribution is -2.37. The summed E-state index contributed by atoms with van der Waals surface area (Å²) in [6, 6.07) is 6.07. The van der Waals surface area contributed by atoms with Crippen LogP contribution in [0.2, 0.25) is 0 Å². The Morgan fingerprint density at radius 1 is 1.16 bits per heavy atom. The minimum Gasteiger partial charge on any atom is -0.496 e. The van der Waals surface area contributed by atoms with Crippen LogP contribution in [0.1, 0.15) is 50.8 Å². The average molecular weight is 265 g/mol. The maximum absolute atomic E-state index is 10.6. The zero-order valence-electron chi connectivity index (χ0n) is 12.9. The van der Waals surface area contributed by atoms with Crippen LogP contribution in [0.4, 0.5) is 0 Å². The van der Waals surface area contributed by atoms with E-state index in [4.69, 9.17) is 4.74 Å². The number of likely N-dealkylation sites (N-methyl/N-ethyl adjacent to an activating group) is 1. The van der Waals surface area contributed by atoms with E-state index in [-0.39, 0.29) is 6.04 Å². The predicted octanol–water partition coefficient (Wildman–Crippen LogP) is 3.10. The van der Waals surface area contributed by atoms with Gasteiger partial charge in [0.2, 0.25) is 0 Å². The van der Waals surface area contributed by atoms with Crippen molar-refractivity contribution >= 4 is 0 Å². The molecule has 1 aromatic carbocycles. The molecule has 2 unspecified atom stereocenters. The van der Waals surface area contributed by atoms with Crippen LogP contribution in [0.5, 0.6) is 5.75 Å². The Morgan fingerprint density at radius 2 is 1.79 bits per heavy atom. The lowest BCUT2D eigenvalue weighted by molar-refractivity contribution is 0.107. The molecule has 0 fully saturated rings. The van der Waals surface area contributed by atoms with Crippen molar-refractivity contribution in [3.05, 3.63) is 29.3 Å². The van der Waals surface area contributed by atoms with E-state index in [1.54, 1.807) is 7.11 Å². The van der Waals surface area contributed by atoms with Crippen LogP contribution >= 0.6 is 0 Å². The molecule has 2 N–H and O–H groups in total. The quantitative estimate of drug-likeness (QED) is 0.830. The molecule has 0 aliphatic heterocycles. The predicted molar refractivity (Wildman–Crippen MR) is 79.7 cm³/mol. The molecule has 0 heterocycles. The van der Waals surface area contributed by atoms with Crippen LogP contribution in [-0.4, -0.2) is 25.3 Å². The molecule has 0 radical (unpaired) electrons. The zero-order valence-corrected chi connectivity index (χ0v) is 12.9. The summed E-state index contributed by atoms with van der Waals surface area (Å²) in [6.07, 6.45) is -0.571. The van der Waals surface area contributed by atoms with Crippen molar-refractivity contribution in [1.82, 2.24) is 5.32 Å². The second kappa shape index (κ2) is 6.92. The van der Waals surface area contributed by atoms with Crippen molar-refractivity contribution in [3.63, 3.8) is 0 Å². The van der Waals surface area contributed by atoms with Crippen molar-refractivity contribution in [3.8, 4) is 5.75 Å². The van der Waals surface area contributed by atoms with Crippen molar-refractivity contribution in [2.45, 2.75) is 45.8 Å². The molecule has 0 bridgehead atoms. The molecule has 0 aromatic heterocycles. The zero-order chi connectivity index (χ0) is 14.6. The molecule has 0 saturated heterocycles. The molecule has 0 amide bonds. The lowest BCUT2D eigenvalue weighted by atomic mass is 9.90. The number of ether oxygens (including phenoxy) is 1. The van der Waals surface area contributed by atoms with E-state index in [1.165, 1.54) is 5.56 Å². The number of benzene rings is 1. The Bertz CT molecular complexity index is 402. The molecular weight excluding hydrogens is 238 g/mol. The fourth-order valence-electron chi connectivity index (χ4n) is 2.39. The first-order chi connectivity index (χ1) is 8.92. The molecule has 0 aliphatic carbocycles. The van der Waals surface area contributed by atoms with Gasteiger partial charge >= 0.3 is 0 Å². The van der Waals surface area contributed by atoms with E-state index >= 15 is 0 Å². The highest BCUT2D eigenvalue weighted by Gasteiger charge is 2.25. The van der Waals surface area contributed by atoms with E-state index in [1.807, 2.05) is 13.1 Å². The van der Waals surface area contributed by atoms with Gasteiger partial charge < -0.3 is 15.2 Å². The number of aliphatic hydroxyl groups excluding tert-OH is 1. The second-order valence-electron chi connectivity index (χ2n) is 5.66. The van der Waals surface area contributed by atoms with E-state index in [0.29, 0.717) is 11.8 Å². The minimum absolute atomic E-state index is 0.0105. The Labute approximate surface area is 117 Å². The molecule has 0 saturated carbocycles. The van der Waals surface area contributed by atoms with Gasteiger partial charge in [0.15, 0.2) is 0 Å². The van der Waals surface area contributed by atoms with Gasteiger partial charge in [0.25, 0.3) is 0 Å². The summed E-state index contributed by atoms with van der Waals surface area (Å²) in [6.45, 7) is 8.50. The molecule has 1 rings (SSSR count). The van der Waals surface area contributed by atoms with Gasteiger partial charge in [0, 0.05) is 11.6 Å². The molecule has 19 heavy (non-hydrogen) atoms. The SMILES string of the molecule is CNC(C(C)C)C(O)c1cc(C(C)C)ccc1OC. The van der Waals surface area contributed by atoms with Crippen LogP contribution in [-0.2, 0) is 0 Å². The highest BCUT2D eigenvalue weighted by molar-refractivity contribution is 5.40. The number of aliphatic hydroxyl groups is 1. The second-order valence-corrected chi connectivity index (χ2v) is 5.66. The normalized spacial score (nSPS) is 14.8. The first kappa shape index (κ1) is 16.0. The van der Waals surface area contributed by atoms with Crippen LogP contribution in [0.15, 0.2) is 18.2 Å². The number of hydrogen-bond donors (Lipinski definition) is 2. The summed E-state index contributed by atoms with van der Waals surface area (Å²) < 4.78 is 5.39. The molecule has 3 nitrogen and oxygen atoms in total. The summed E-state index contributed by atoms with van der Waals surface area (Å²) >= 11 is 0. The molecule has 0 spiro atoms. The van der Waals surface area contributed by atoms with Gasteiger partial charge in [0.1, 0.15) is 5.75 Å². The van der Waals surface area contributed by atoms with Crippen molar-refractivity contribution in [1.29, 1.82) is 0 Å². The van der Waals surface area contributed by atoms with Gasteiger partial charge in [-0.3, -0.25) is 0 Å². The highest BCUT2D eigenvalue weighted by atomic mass is 16.5. The fourth-order valence-corrected chi connectivity index (χ4v) is 2.39. The Hall–Kier alpha value is -1.06. The lowest BCUT2D eigenvalue weighted by Gasteiger charge is -2.28. The maximum atomic E-state index is 10.6. The minimum atomic E-state index is -0.571. The largest absolute Gasteiger partial charge is 0.496 e. The van der Waals surface area contributed by atoms with E-state index in [0.717, 1.165) is 11.3 Å². The maximum Gasteiger partial charge on any atom is 0.124 e. The number of methoxy groups -OCH3 is 1. The van der Waals surface area contributed by atoms with E-state index < -0.39 is 6.10 Å². The molecule has 108 valence electrons. The average Bonchev–Trinajstić information content (AvgIpc) is 2.38. The summed E-state index contributed by atoms with van der Waals surface area (Å²) in [5.41, 5.74) is 2.08. The van der Waals surface area contributed by atoms with Crippen LogP contribution < -0.4 is 10.1 Å². The molecular formula is C16H27NO2. The standard InChI is InChI=1S/C16H27NO2/c1-10(2)12-7-8-14(19-6)13(9-12)16(18)15(17-5)11(3)4/h7-11,15-18H,1-6H3. The third-order valence-corrected chi connectivity index (χ3v) is 3.63. The molecule has 0 aliphatic rings. The first-order valence-electron chi connectivity index (χ1n) is 6.95. The van der Waals surface area contributed by atoms with E-state index in [2.05, 4.69) is 45.1 Å². The van der Waals surface area contributed by atoms with Crippen LogP contribution in [0.3, 0.4) is 0 Å². The number of nitrogens with one attached hydrogen (secondary N) is 1. The van der Waals surface area contributed by atoms with Gasteiger partial charge in [-0.15, -0.1) is 0 Å². The third-order valence-electron chi connectivity index (χ3n) is 3.63. The van der Waals surface area contributed by atoms with Gasteiger partial charge in [0.05, 0.1) is 13.2 Å². The summed E-state index contributed by atoms with van der Waals surface area (Å²) in [7, 11) is 3.52. The van der Waals surface area contributed by atoms with E-state index in [9.17, 15) is 5.11 Å². The molecule has 1 aromatic rings. The van der Waals surface area contributed by atoms with Gasteiger partial charge in [-0.05, 0) is 36.6 Å². The Morgan fingerprint density at radius 3 is 2.21 bits per heavy atom. The first-order valence-corrected chi connectivity index (χ1v) is 6.95. The van der Waals surface area contributed by atoms with Crippen molar-refractivity contribution < 1.29 is 9.84 Å². The van der Waals surface area contributed by atoms with Crippen molar-refractivity contribution in [2.24, 2.45) is 5.92 Å². The summed E-state index contributed by atoms with van der Waals surface area (Å²) in [4.78, 5) is 0. The van der Waals surface area contributed by atoms with Crippen LogP contribution in [0.25, 0.3) is 0 Å². The number of rotatable bonds is 6. The fraction of sp³-hybridized carbons (Fsp3) is 0.625. The molecule has 3 heteroatoms. The van der Waals surface area contributed by atoms with Gasteiger partial charge in [-0.25, -0.2) is 0 Å². The Balaban J connectivity index is 3.18. The van der Waals surface area contributed by atoms with Crippen molar-refractivity contribution in [2.75, 3.05) is 14.2 Å². The summed E-state index contributed by atoms with van der Waals surface area (Å²) in [5, 5.41) is 13.8. The summed E-state index contributed by atoms with van der Waals surface area (Å²) in [5.74, 6) is 1.52. The topological polar surface area (TPSA) is 41.5 Å². The highest BCUT2D eigenvalue weighted by Crippen LogP contribution is 2.32.